The summed E-state index contributed by atoms with van der Waals surface area (Å²) in [4.78, 5) is 24.5. The van der Waals surface area contributed by atoms with Crippen molar-refractivity contribution in [2.75, 3.05) is 12.4 Å². The number of hydrogen-bond acceptors (Lipinski definition) is 4. The van der Waals surface area contributed by atoms with E-state index in [1.807, 2.05) is 45.0 Å². The minimum atomic E-state index is -0.299. The van der Waals surface area contributed by atoms with Gasteiger partial charge in [-0.1, -0.05) is 19.1 Å². The molecule has 0 bridgehead atoms. The van der Waals surface area contributed by atoms with Gasteiger partial charge in [0.1, 0.15) is 5.75 Å². The molecule has 28 heavy (non-hydrogen) atoms. The minimum Gasteiger partial charge on any atom is -0.497 e. The first-order valence-electron chi connectivity index (χ1n) is 9.51. The van der Waals surface area contributed by atoms with Crippen molar-refractivity contribution in [2.24, 2.45) is 0 Å². The van der Waals surface area contributed by atoms with Gasteiger partial charge in [-0.15, -0.1) is 0 Å². The number of hydrogen-bond donors (Lipinski definition) is 3. The van der Waals surface area contributed by atoms with Crippen molar-refractivity contribution in [2.45, 2.75) is 45.8 Å². The summed E-state index contributed by atoms with van der Waals surface area (Å²) in [6.07, 6.45) is 0.897. The van der Waals surface area contributed by atoms with Crippen LogP contribution in [-0.2, 0) is 11.3 Å². The van der Waals surface area contributed by atoms with E-state index in [2.05, 4.69) is 16.0 Å². The maximum atomic E-state index is 12.4. The molecule has 2 atom stereocenters. The maximum absolute atomic E-state index is 12.4. The zero-order valence-electron chi connectivity index (χ0n) is 16.9. The molecule has 2 rings (SSSR count). The highest BCUT2D eigenvalue weighted by molar-refractivity contribution is 6.04. The highest BCUT2D eigenvalue weighted by atomic mass is 16.5. The summed E-state index contributed by atoms with van der Waals surface area (Å²) in [6.45, 7) is 6.39. The first-order valence-corrected chi connectivity index (χ1v) is 9.51. The zero-order valence-corrected chi connectivity index (χ0v) is 16.9. The number of carbonyl (C=O) groups is 2. The third kappa shape index (κ3) is 6.39. The van der Waals surface area contributed by atoms with Crippen molar-refractivity contribution < 1.29 is 14.3 Å². The Morgan fingerprint density at radius 2 is 1.79 bits per heavy atom. The topological polar surface area (TPSA) is 79.5 Å². The van der Waals surface area contributed by atoms with Crippen molar-refractivity contribution in [1.29, 1.82) is 0 Å². The fourth-order valence-electron chi connectivity index (χ4n) is 2.54. The fraction of sp³-hybridized carbons (Fsp3) is 0.364. The van der Waals surface area contributed by atoms with E-state index in [0.717, 1.165) is 12.0 Å². The van der Waals surface area contributed by atoms with Crippen LogP contribution in [0.1, 0.15) is 43.1 Å². The van der Waals surface area contributed by atoms with Crippen LogP contribution >= 0.6 is 0 Å². The molecule has 2 aromatic rings. The van der Waals surface area contributed by atoms with Crippen LogP contribution in [0.5, 0.6) is 5.75 Å². The zero-order chi connectivity index (χ0) is 20.5. The Labute approximate surface area is 166 Å². The van der Waals surface area contributed by atoms with Gasteiger partial charge in [-0.2, -0.15) is 0 Å². The lowest BCUT2D eigenvalue weighted by Crippen LogP contribution is -2.45. The van der Waals surface area contributed by atoms with E-state index in [0.29, 0.717) is 23.5 Å². The van der Waals surface area contributed by atoms with Crippen LogP contribution in [-0.4, -0.2) is 31.0 Å². The number of nitrogens with one attached hydrogen (secondary N) is 3. The van der Waals surface area contributed by atoms with E-state index in [4.69, 9.17) is 4.74 Å². The van der Waals surface area contributed by atoms with Crippen molar-refractivity contribution in [3.05, 3.63) is 59.7 Å². The summed E-state index contributed by atoms with van der Waals surface area (Å²) >= 11 is 0. The third-order valence-electron chi connectivity index (χ3n) is 4.54. The molecule has 2 unspecified atom stereocenters. The summed E-state index contributed by atoms with van der Waals surface area (Å²) in [5.41, 5.74) is 2.24. The molecular weight excluding hydrogens is 354 g/mol. The fourth-order valence-corrected chi connectivity index (χ4v) is 2.54. The largest absolute Gasteiger partial charge is 0.497 e. The van der Waals surface area contributed by atoms with Crippen LogP contribution in [0, 0.1) is 0 Å². The summed E-state index contributed by atoms with van der Waals surface area (Å²) < 4.78 is 5.11. The van der Waals surface area contributed by atoms with Crippen molar-refractivity contribution in [1.82, 2.24) is 10.6 Å². The number of amides is 2. The van der Waals surface area contributed by atoms with Crippen molar-refractivity contribution in [3.8, 4) is 5.75 Å². The second kappa shape index (κ2) is 10.5. The lowest BCUT2D eigenvalue weighted by atomic mass is 10.1. The highest BCUT2D eigenvalue weighted by Gasteiger charge is 2.14. The molecule has 0 aromatic heterocycles. The molecule has 150 valence electrons. The number of anilines is 1. The molecule has 3 N–H and O–H groups in total. The first-order chi connectivity index (χ1) is 13.4. The monoisotopic (exact) mass is 383 g/mol. The molecule has 6 nitrogen and oxygen atoms in total. The Bertz CT molecular complexity index is 790. The number of methoxy groups -OCH3 is 1. The predicted molar refractivity (Wildman–Crippen MR) is 112 cm³/mol. The Morgan fingerprint density at radius 3 is 2.43 bits per heavy atom. The van der Waals surface area contributed by atoms with Crippen LogP contribution in [0.25, 0.3) is 0 Å². The number of ether oxygens (including phenoxy) is 1. The van der Waals surface area contributed by atoms with Gasteiger partial charge in [0.25, 0.3) is 5.91 Å². The van der Waals surface area contributed by atoms with Crippen LogP contribution < -0.4 is 20.7 Å². The second-order valence-corrected chi connectivity index (χ2v) is 6.80. The van der Waals surface area contributed by atoms with Gasteiger partial charge in [-0.25, -0.2) is 0 Å². The molecule has 0 heterocycles. The minimum absolute atomic E-state index is 0.0155. The van der Waals surface area contributed by atoms with E-state index in [1.165, 1.54) is 0 Å². The predicted octanol–water partition coefficient (Wildman–Crippen LogP) is 3.34. The SMILES string of the molecule is CCC(C)NC(=O)C(C)NCc1cccc(NC(=O)c2ccc(OC)cc2)c1. The van der Waals surface area contributed by atoms with Gasteiger partial charge in [0.2, 0.25) is 5.91 Å². The van der Waals surface area contributed by atoms with Gasteiger partial charge in [0.05, 0.1) is 13.2 Å². The van der Waals surface area contributed by atoms with Gasteiger partial charge >= 0.3 is 0 Å². The Kier molecular flexibility index (Phi) is 8.02. The van der Waals surface area contributed by atoms with E-state index in [-0.39, 0.29) is 23.9 Å². The molecule has 0 fully saturated rings. The summed E-state index contributed by atoms with van der Waals surface area (Å²) in [5, 5.41) is 9.07. The first kappa shape index (κ1) is 21.4. The standard InChI is InChI=1S/C22H29N3O3/c1-5-15(2)24-21(26)16(3)23-14-17-7-6-8-19(13-17)25-22(27)18-9-11-20(28-4)12-10-18/h6-13,15-16,23H,5,14H2,1-4H3,(H,24,26)(H,25,27). The second-order valence-electron chi connectivity index (χ2n) is 6.80. The molecule has 0 spiro atoms. The molecule has 0 radical (unpaired) electrons. The van der Waals surface area contributed by atoms with Crippen molar-refractivity contribution in [3.63, 3.8) is 0 Å². The maximum Gasteiger partial charge on any atom is 0.255 e. The average Bonchev–Trinajstić information content (AvgIpc) is 2.72. The summed E-state index contributed by atoms with van der Waals surface area (Å²) in [7, 11) is 1.59. The third-order valence-corrected chi connectivity index (χ3v) is 4.54. The smallest absolute Gasteiger partial charge is 0.255 e. The molecule has 6 heteroatoms. The highest BCUT2D eigenvalue weighted by Crippen LogP contribution is 2.15. The van der Waals surface area contributed by atoms with Crippen LogP contribution in [0.2, 0.25) is 0 Å². The van der Waals surface area contributed by atoms with Gasteiger partial charge in [0, 0.05) is 23.8 Å². The van der Waals surface area contributed by atoms with Gasteiger partial charge in [-0.05, 0) is 62.2 Å². The van der Waals surface area contributed by atoms with E-state index < -0.39 is 0 Å². The normalized spacial score (nSPS) is 12.7. The average molecular weight is 383 g/mol. The molecule has 0 saturated carbocycles. The Hall–Kier alpha value is -2.86. The number of rotatable bonds is 9. The van der Waals surface area contributed by atoms with Gasteiger partial charge < -0.3 is 20.7 Å². The van der Waals surface area contributed by atoms with Crippen molar-refractivity contribution >= 4 is 17.5 Å². The lowest BCUT2D eigenvalue weighted by Gasteiger charge is -2.17. The summed E-state index contributed by atoms with van der Waals surface area (Å²) in [6, 6.07) is 14.4. The molecule has 0 aliphatic rings. The van der Waals surface area contributed by atoms with E-state index in [1.54, 1.807) is 31.4 Å². The quantitative estimate of drug-likeness (QED) is 0.620. The molecule has 0 aliphatic carbocycles. The lowest BCUT2D eigenvalue weighted by molar-refractivity contribution is -0.123. The molecule has 2 aromatic carbocycles. The molecule has 0 aliphatic heterocycles. The van der Waals surface area contributed by atoms with E-state index >= 15 is 0 Å². The number of benzene rings is 2. The van der Waals surface area contributed by atoms with E-state index in [9.17, 15) is 9.59 Å². The van der Waals surface area contributed by atoms with Gasteiger partial charge in [-0.3, -0.25) is 9.59 Å². The van der Waals surface area contributed by atoms with Crippen LogP contribution in [0.15, 0.2) is 48.5 Å². The number of carbonyl (C=O) groups excluding carboxylic acids is 2. The van der Waals surface area contributed by atoms with Crippen LogP contribution in [0.4, 0.5) is 5.69 Å². The molecule has 0 saturated heterocycles. The van der Waals surface area contributed by atoms with Crippen LogP contribution in [0.3, 0.4) is 0 Å². The molecule has 2 amide bonds. The van der Waals surface area contributed by atoms with Gasteiger partial charge in [0.15, 0.2) is 0 Å². The summed E-state index contributed by atoms with van der Waals surface area (Å²) in [5.74, 6) is 0.503. The molecular formula is C22H29N3O3. The Morgan fingerprint density at radius 1 is 1.07 bits per heavy atom. The Balaban J connectivity index is 1.92.